The Kier molecular flexibility index (Phi) is 6.05. The summed E-state index contributed by atoms with van der Waals surface area (Å²) in [7, 11) is -3.23. The topological polar surface area (TPSA) is 83.6 Å². The lowest BCUT2D eigenvalue weighted by molar-refractivity contribution is -0.124. The van der Waals surface area contributed by atoms with Gasteiger partial charge in [0.25, 0.3) is 5.91 Å². The van der Waals surface area contributed by atoms with Gasteiger partial charge in [-0.2, -0.15) is 0 Å². The first-order chi connectivity index (χ1) is 12.7. The molecule has 6 nitrogen and oxygen atoms in total. The Morgan fingerprint density at radius 1 is 1.44 bits per heavy atom. The Hall–Kier alpha value is -1.68. The number of carbonyl (C=O) groups is 2. The number of thiocarbonyl (C=S) groups is 1. The molecule has 0 unspecified atom stereocenters. The quantitative estimate of drug-likeness (QED) is 0.556. The smallest absolute Gasteiger partial charge is 0.266 e. The van der Waals surface area contributed by atoms with Crippen LogP contribution in [0.15, 0.2) is 40.7 Å². The van der Waals surface area contributed by atoms with Crippen LogP contribution in [0, 0.1) is 0 Å². The molecule has 1 fully saturated rings. The van der Waals surface area contributed by atoms with Crippen LogP contribution in [0.2, 0.25) is 5.02 Å². The van der Waals surface area contributed by atoms with Crippen molar-refractivity contribution in [2.24, 2.45) is 0 Å². The van der Waals surface area contributed by atoms with Crippen LogP contribution in [0.1, 0.15) is 12.0 Å². The van der Waals surface area contributed by atoms with E-state index in [0.29, 0.717) is 14.2 Å². The molecule has 1 atom stereocenters. The molecular formula is C17H15ClN2O4S3. The van der Waals surface area contributed by atoms with E-state index in [1.165, 1.54) is 22.7 Å². The van der Waals surface area contributed by atoms with E-state index in [4.69, 9.17) is 23.8 Å². The first-order valence-corrected chi connectivity index (χ1v) is 11.3. The molecule has 1 aromatic carbocycles. The zero-order valence-corrected chi connectivity index (χ0v) is 17.1. The van der Waals surface area contributed by atoms with Gasteiger partial charge in [0.15, 0.2) is 9.84 Å². The van der Waals surface area contributed by atoms with Crippen LogP contribution >= 0.6 is 35.6 Å². The molecule has 0 aromatic heterocycles. The van der Waals surface area contributed by atoms with Crippen molar-refractivity contribution < 1.29 is 18.0 Å². The van der Waals surface area contributed by atoms with Crippen molar-refractivity contribution in [1.82, 2.24) is 10.2 Å². The van der Waals surface area contributed by atoms with Crippen molar-refractivity contribution >= 4 is 67.6 Å². The SMILES string of the molecule is O=C(CCN1C(=O)/C(=C/c2cccc(Cl)c2)SC1=S)N[C@@H]1C=CS(=O)(=O)C1. The molecule has 2 aliphatic rings. The second-order valence-corrected chi connectivity index (χ2v) is 10.0. The van der Waals surface area contributed by atoms with E-state index in [1.807, 2.05) is 6.07 Å². The highest BCUT2D eigenvalue weighted by atomic mass is 35.5. The number of rotatable bonds is 5. The predicted octanol–water partition coefficient (Wildman–Crippen LogP) is 2.36. The van der Waals surface area contributed by atoms with Crippen LogP contribution in [-0.4, -0.2) is 47.8 Å². The lowest BCUT2D eigenvalue weighted by atomic mass is 10.2. The standard InChI is InChI=1S/C17H15ClN2O4S3/c18-12-3-1-2-11(8-12)9-14-16(22)20(17(25)26-14)6-4-15(21)19-13-5-7-27(23,24)10-13/h1-3,5,7-9,13H,4,6,10H2,(H,19,21)/b14-9-/t13-/m1/s1. The van der Waals surface area contributed by atoms with Gasteiger partial charge in [0.2, 0.25) is 5.91 Å². The minimum Gasteiger partial charge on any atom is -0.349 e. The summed E-state index contributed by atoms with van der Waals surface area (Å²) in [6.45, 7) is 0.132. The van der Waals surface area contributed by atoms with Crippen LogP contribution in [0.3, 0.4) is 0 Å². The van der Waals surface area contributed by atoms with Gasteiger partial charge in [0.1, 0.15) is 4.32 Å². The molecule has 2 amide bonds. The highest BCUT2D eigenvalue weighted by Crippen LogP contribution is 2.32. The molecule has 0 saturated carbocycles. The van der Waals surface area contributed by atoms with Crippen LogP contribution in [0.25, 0.3) is 6.08 Å². The first kappa shape index (κ1) is 20.1. The molecule has 1 saturated heterocycles. The predicted molar refractivity (Wildman–Crippen MR) is 111 cm³/mol. The number of hydrogen-bond acceptors (Lipinski definition) is 6. The Balaban J connectivity index is 1.58. The summed E-state index contributed by atoms with van der Waals surface area (Å²) in [6.07, 6.45) is 3.18. The van der Waals surface area contributed by atoms with Gasteiger partial charge in [-0.25, -0.2) is 8.42 Å². The summed E-state index contributed by atoms with van der Waals surface area (Å²) in [4.78, 5) is 26.4. The molecule has 10 heteroatoms. The number of nitrogens with one attached hydrogen (secondary N) is 1. The van der Waals surface area contributed by atoms with Gasteiger partial charge in [-0.3, -0.25) is 14.5 Å². The number of nitrogens with zero attached hydrogens (tertiary/aromatic N) is 1. The lowest BCUT2D eigenvalue weighted by Gasteiger charge is -2.15. The summed E-state index contributed by atoms with van der Waals surface area (Å²) in [5.41, 5.74) is 0.787. The van der Waals surface area contributed by atoms with Crippen LogP contribution in [-0.2, 0) is 19.4 Å². The number of halogens is 1. The van der Waals surface area contributed by atoms with Gasteiger partial charge in [-0.05, 0) is 29.8 Å². The fourth-order valence-electron chi connectivity index (χ4n) is 2.60. The van der Waals surface area contributed by atoms with E-state index >= 15 is 0 Å². The summed E-state index contributed by atoms with van der Waals surface area (Å²) in [5.74, 6) is -0.738. The number of thioether (sulfide) groups is 1. The van der Waals surface area contributed by atoms with Gasteiger partial charge in [0, 0.05) is 23.4 Å². The molecule has 0 spiro atoms. The molecule has 0 aliphatic carbocycles. The molecule has 3 rings (SSSR count). The van der Waals surface area contributed by atoms with Crippen molar-refractivity contribution in [3.8, 4) is 0 Å². The molecule has 0 bridgehead atoms. The minimum absolute atomic E-state index is 0.0290. The molecule has 0 radical (unpaired) electrons. The van der Waals surface area contributed by atoms with Crippen molar-refractivity contribution in [3.63, 3.8) is 0 Å². The van der Waals surface area contributed by atoms with Gasteiger partial charge in [-0.1, -0.05) is 47.7 Å². The van der Waals surface area contributed by atoms with Gasteiger partial charge in [-0.15, -0.1) is 0 Å². The average Bonchev–Trinajstić information content (AvgIpc) is 3.05. The number of hydrogen-bond donors (Lipinski definition) is 1. The van der Waals surface area contributed by atoms with Crippen LogP contribution in [0.4, 0.5) is 0 Å². The molecule has 27 heavy (non-hydrogen) atoms. The van der Waals surface area contributed by atoms with E-state index in [0.717, 1.165) is 11.0 Å². The monoisotopic (exact) mass is 442 g/mol. The third-order valence-electron chi connectivity index (χ3n) is 3.86. The number of carbonyl (C=O) groups excluding carboxylic acids is 2. The third kappa shape index (κ3) is 5.19. The fourth-order valence-corrected chi connectivity index (χ4v) is 5.34. The van der Waals surface area contributed by atoms with Crippen LogP contribution in [0.5, 0.6) is 0 Å². The molecule has 142 valence electrons. The molecular weight excluding hydrogens is 428 g/mol. The van der Waals surface area contributed by atoms with Crippen LogP contribution < -0.4 is 5.32 Å². The van der Waals surface area contributed by atoms with E-state index in [1.54, 1.807) is 24.3 Å². The fraction of sp³-hybridized carbons (Fsp3) is 0.235. The Labute approximate surface area is 171 Å². The van der Waals surface area contributed by atoms with Crippen molar-refractivity contribution in [2.75, 3.05) is 12.3 Å². The van der Waals surface area contributed by atoms with Crippen molar-refractivity contribution in [3.05, 3.63) is 51.2 Å². The van der Waals surface area contributed by atoms with Gasteiger partial charge < -0.3 is 5.32 Å². The Morgan fingerprint density at radius 2 is 2.22 bits per heavy atom. The van der Waals surface area contributed by atoms with Crippen molar-refractivity contribution in [1.29, 1.82) is 0 Å². The highest BCUT2D eigenvalue weighted by molar-refractivity contribution is 8.26. The number of benzene rings is 1. The van der Waals surface area contributed by atoms with E-state index in [-0.39, 0.29) is 30.5 Å². The maximum absolute atomic E-state index is 12.5. The Morgan fingerprint density at radius 3 is 2.89 bits per heavy atom. The van der Waals surface area contributed by atoms with E-state index < -0.39 is 15.9 Å². The third-order valence-corrected chi connectivity index (χ3v) is 6.87. The maximum atomic E-state index is 12.5. The Bertz CT molecular complexity index is 972. The number of sulfone groups is 1. The van der Waals surface area contributed by atoms with Crippen molar-refractivity contribution in [2.45, 2.75) is 12.5 Å². The lowest BCUT2D eigenvalue weighted by Crippen LogP contribution is -2.38. The van der Waals surface area contributed by atoms with E-state index in [9.17, 15) is 18.0 Å². The summed E-state index contributed by atoms with van der Waals surface area (Å²) in [5, 5.41) is 4.29. The zero-order chi connectivity index (χ0) is 19.6. The van der Waals surface area contributed by atoms with E-state index in [2.05, 4.69) is 5.32 Å². The summed E-state index contributed by atoms with van der Waals surface area (Å²) >= 11 is 12.4. The normalized spacial score (nSPS) is 22.6. The highest BCUT2D eigenvalue weighted by Gasteiger charge is 2.32. The second-order valence-electron chi connectivity index (χ2n) is 5.97. The molecule has 1 aromatic rings. The van der Waals surface area contributed by atoms with Gasteiger partial charge in [0.05, 0.1) is 16.7 Å². The average molecular weight is 443 g/mol. The maximum Gasteiger partial charge on any atom is 0.266 e. The zero-order valence-electron chi connectivity index (χ0n) is 13.9. The molecule has 2 aliphatic heterocycles. The summed E-state index contributed by atoms with van der Waals surface area (Å²) in [6, 6.07) is 6.57. The minimum atomic E-state index is -3.23. The summed E-state index contributed by atoms with van der Waals surface area (Å²) < 4.78 is 23.1. The van der Waals surface area contributed by atoms with Gasteiger partial charge >= 0.3 is 0 Å². The molecule has 1 N–H and O–H groups in total. The molecule has 2 heterocycles. The first-order valence-electron chi connectivity index (χ1n) is 7.95. The number of amides is 2. The largest absolute Gasteiger partial charge is 0.349 e. The second kappa shape index (κ2) is 8.14.